The van der Waals surface area contributed by atoms with E-state index in [-0.39, 0.29) is 23.9 Å². The van der Waals surface area contributed by atoms with Gasteiger partial charge in [0.25, 0.3) is 0 Å². The van der Waals surface area contributed by atoms with Crippen LogP contribution in [0.15, 0.2) is 34.3 Å². The van der Waals surface area contributed by atoms with Crippen molar-refractivity contribution in [1.29, 1.82) is 0 Å². The first kappa shape index (κ1) is 14.0. The largest absolute Gasteiger partial charge is 0.337 e. The lowest BCUT2D eigenvalue weighted by atomic mass is 10.1. The number of carbonyl (C=O) groups is 2. The second-order valence-electron chi connectivity index (χ2n) is 5.72. The van der Waals surface area contributed by atoms with Gasteiger partial charge in [-0.15, -0.1) is 11.3 Å². The molecule has 0 saturated carbocycles. The van der Waals surface area contributed by atoms with Crippen LogP contribution >= 0.6 is 22.7 Å². The SMILES string of the molecule is O=C(Cc1cccs1)N1CC[C@H]2[C@H]1CC(=O)N2c1ccsc1. The number of anilines is 1. The zero-order valence-corrected chi connectivity index (χ0v) is 13.6. The minimum absolute atomic E-state index is 0.0415. The maximum atomic E-state index is 12.6. The lowest BCUT2D eigenvalue weighted by Crippen LogP contribution is -2.40. The van der Waals surface area contributed by atoms with Gasteiger partial charge in [0.2, 0.25) is 11.8 Å². The Morgan fingerprint density at radius 3 is 2.91 bits per heavy atom. The number of hydrogen-bond acceptors (Lipinski definition) is 4. The molecule has 0 spiro atoms. The molecular weight excluding hydrogens is 316 g/mol. The highest BCUT2D eigenvalue weighted by atomic mass is 32.1. The Morgan fingerprint density at radius 1 is 1.27 bits per heavy atom. The Bertz CT molecular complexity index is 681. The number of nitrogens with zero attached hydrogens (tertiary/aromatic N) is 2. The Balaban J connectivity index is 1.52. The average Bonchev–Trinajstić information content (AvgIpc) is 3.20. The number of carbonyl (C=O) groups excluding carboxylic acids is 2. The van der Waals surface area contributed by atoms with Gasteiger partial charge in [-0.1, -0.05) is 6.07 Å². The number of likely N-dealkylation sites (tertiary alicyclic amines) is 1. The number of thiophene rings is 2. The third-order valence-electron chi connectivity index (χ3n) is 4.50. The van der Waals surface area contributed by atoms with Crippen LogP contribution in [0.1, 0.15) is 17.7 Å². The van der Waals surface area contributed by atoms with Crippen LogP contribution in [-0.4, -0.2) is 35.3 Å². The van der Waals surface area contributed by atoms with Crippen molar-refractivity contribution in [3.05, 3.63) is 39.2 Å². The van der Waals surface area contributed by atoms with Crippen molar-refractivity contribution in [2.75, 3.05) is 11.4 Å². The minimum atomic E-state index is 0.0415. The van der Waals surface area contributed by atoms with Crippen LogP contribution in [0.4, 0.5) is 5.69 Å². The van der Waals surface area contributed by atoms with Crippen molar-refractivity contribution in [3.8, 4) is 0 Å². The van der Waals surface area contributed by atoms with Gasteiger partial charge in [-0.05, 0) is 29.3 Å². The van der Waals surface area contributed by atoms with E-state index in [4.69, 9.17) is 0 Å². The van der Waals surface area contributed by atoms with Crippen molar-refractivity contribution in [1.82, 2.24) is 4.90 Å². The van der Waals surface area contributed by atoms with Crippen LogP contribution in [0.25, 0.3) is 0 Å². The summed E-state index contributed by atoms with van der Waals surface area (Å²) in [6.07, 6.45) is 1.78. The molecule has 114 valence electrons. The molecule has 2 amide bonds. The van der Waals surface area contributed by atoms with Crippen LogP contribution in [0.5, 0.6) is 0 Å². The quantitative estimate of drug-likeness (QED) is 0.867. The topological polar surface area (TPSA) is 40.6 Å². The summed E-state index contributed by atoms with van der Waals surface area (Å²) in [5.41, 5.74) is 0.982. The van der Waals surface area contributed by atoms with Crippen LogP contribution in [0.2, 0.25) is 0 Å². The smallest absolute Gasteiger partial charge is 0.229 e. The lowest BCUT2D eigenvalue weighted by Gasteiger charge is -2.24. The van der Waals surface area contributed by atoms with E-state index in [0.717, 1.165) is 23.5 Å². The van der Waals surface area contributed by atoms with Crippen molar-refractivity contribution >= 4 is 40.2 Å². The Labute approximate surface area is 137 Å². The molecule has 4 rings (SSSR count). The van der Waals surface area contributed by atoms with E-state index < -0.39 is 0 Å². The first-order chi connectivity index (χ1) is 10.7. The molecule has 0 radical (unpaired) electrons. The molecule has 2 atom stereocenters. The van der Waals surface area contributed by atoms with Crippen LogP contribution in [-0.2, 0) is 16.0 Å². The summed E-state index contributed by atoms with van der Waals surface area (Å²) in [5, 5.41) is 5.99. The maximum Gasteiger partial charge on any atom is 0.229 e. The van der Waals surface area contributed by atoms with Crippen molar-refractivity contribution in [2.24, 2.45) is 0 Å². The highest BCUT2D eigenvalue weighted by Gasteiger charge is 2.48. The standard InChI is InChI=1S/C16H16N2O2S2/c19-15(8-12-2-1-6-22-12)17-5-3-13-14(17)9-16(20)18(13)11-4-7-21-10-11/h1-2,4,6-7,10,13-14H,3,5,8-9H2/t13-,14+/m0/s1. The van der Waals surface area contributed by atoms with Crippen LogP contribution in [0, 0.1) is 0 Å². The van der Waals surface area contributed by atoms with Crippen LogP contribution < -0.4 is 4.90 Å². The van der Waals surface area contributed by atoms with E-state index >= 15 is 0 Å². The molecule has 2 aliphatic heterocycles. The van der Waals surface area contributed by atoms with Gasteiger partial charge in [0.05, 0.1) is 24.2 Å². The first-order valence-electron chi connectivity index (χ1n) is 7.40. The molecule has 2 saturated heterocycles. The number of rotatable bonds is 3. The molecule has 6 heteroatoms. The predicted octanol–water partition coefficient (Wildman–Crippen LogP) is 2.76. The average molecular weight is 332 g/mol. The monoisotopic (exact) mass is 332 g/mol. The predicted molar refractivity (Wildman–Crippen MR) is 88.4 cm³/mol. The molecule has 4 heterocycles. The van der Waals surface area contributed by atoms with Gasteiger partial charge in [-0.2, -0.15) is 11.3 Å². The third kappa shape index (κ3) is 2.27. The summed E-state index contributed by atoms with van der Waals surface area (Å²) in [4.78, 5) is 29.8. The molecule has 0 bridgehead atoms. The highest BCUT2D eigenvalue weighted by molar-refractivity contribution is 7.10. The molecule has 22 heavy (non-hydrogen) atoms. The molecule has 0 aromatic carbocycles. The first-order valence-corrected chi connectivity index (χ1v) is 9.22. The number of amides is 2. The summed E-state index contributed by atoms with van der Waals surface area (Å²) in [6, 6.07) is 6.14. The molecule has 2 aromatic heterocycles. The zero-order chi connectivity index (χ0) is 15.1. The Hall–Kier alpha value is -1.66. The van der Waals surface area contributed by atoms with E-state index in [1.165, 1.54) is 0 Å². The molecular formula is C16H16N2O2S2. The van der Waals surface area contributed by atoms with E-state index in [1.807, 2.05) is 44.1 Å². The highest BCUT2D eigenvalue weighted by Crippen LogP contribution is 2.37. The molecule has 2 aliphatic rings. The fourth-order valence-corrected chi connectivity index (χ4v) is 4.87. The van der Waals surface area contributed by atoms with E-state index in [2.05, 4.69) is 0 Å². The Morgan fingerprint density at radius 2 is 2.18 bits per heavy atom. The summed E-state index contributed by atoms with van der Waals surface area (Å²) in [6.45, 7) is 0.757. The van der Waals surface area contributed by atoms with E-state index in [9.17, 15) is 9.59 Å². The molecule has 0 unspecified atom stereocenters. The molecule has 0 N–H and O–H groups in total. The van der Waals surface area contributed by atoms with Gasteiger partial charge < -0.3 is 9.80 Å². The molecule has 2 fully saturated rings. The summed E-state index contributed by atoms with van der Waals surface area (Å²) in [5.74, 6) is 0.289. The molecule has 0 aliphatic carbocycles. The van der Waals surface area contributed by atoms with Gasteiger partial charge in [0.15, 0.2) is 0 Å². The number of hydrogen-bond donors (Lipinski definition) is 0. The maximum absolute atomic E-state index is 12.6. The normalized spacial score (nSPS) is 24.1. The zero-order valence-electron chi connectivity index (χ0n) is 12.0. The Kier molecular flexibility index (Phi) is 3.50. The fraction of sp³-hybridized carbons (Fsp3) is 0.375. The van der Waals surface area contributed by atoms with E-state index in [0.29, 0.717) is 12.8 Å². The second-order valence-corrected chi connectivity index (χ2v) is 7.53. The van der Waals surface area contributed by atoms with Gasteiger partial charge in [-0.3, -0.25) is 9.59 Å². The summed E-state index contributed by atoms with van der Waals surface area (Å²) < 4.78 is 0. The minimum Gasteiger partial charge on any atom is -0.337 e. The van der Waals surface area contributed by atoms with Crippen LogP contribution in [0.3, 0.4) is 0 Å². The summed E-state index contributed by atoms with van der Waals surface area (Å²) >= 11 is 3.21. The third-order valence-corrected chi connectivity index (χ3v) is 6.05. The second kappa shape index (κ2) is 5.52. The van der Waals surface area contributed by atoms with Gasteiger partial charge in [0.1, 0.15) is 0 Å². The van der Waals surface area contributed by atoms with Crippen molar-refractivity contribution in [2.45, 2.75) is 31.3 Å². The van der Waals surface area contributed by atoms with E-state index in [1.54, 1.807) is 22.7 Å². The van der Waals surface area contributed by atoms with Crippen molar-refractivity contribution in [3.63, 3.8) is 0 Å². The molecule has 4 nitrogen and oxygen atoms in total. The van der Waals surface area contributed by atoms with Crippen molar-refractivity contribution < 1.29 is 9.59 Å². The number of fused-ring (bicyclic) bond motifs is 1. The molecule has 2 aromatic rings. The fourth-order valence-electron chi connectivity index (χ4n) is 3.55. The van der Waals surface area contributed by atoms with Gasteiger partial charge in [-0.25, -0.2) is 0 Å². The van der Waals surface area contributed by atoms with Gasteiger partial charge >= 0.3 is 0 Å². The lowest BCUT2D eigenvalue weighted by molar-refractivity contribution is -0.131. The summed E-state index contributed by atoms with van der Waals surface area (Å²) in [7, 11) is 0. The van der Waals surface area contributed by atoms with Gasteiger partial charge in [0, 0.05) is 23.2 Å².